The molecule has 5 nitrogen and oxygen atoms in total. The molecule has 0 spiro atoms. The number of nitrogens with zero attached hydrogens (tertiary/aromatic N) is 2. The highest BCUT2D eigenvalue weighted by molar-refractivity contribution is 5.86. The molecule has 0 radical (unpaired) electrons. The van der Waals surface area contributed by atoms with Crippen LogP contribution in [0, 0.1) is 0 Å². The Morgan fingerprint density at radius 1 is 1.64 bits per heavy atom. The minimum atomic E-state index is 0.00255. The molecule has 1 aliphatic rings. The van der Waals surface area contributed by atoms with Gasteiger partial charge in [-0.25, -0.2) is 0 Å². The molecule has 1 N–H and O–H groups in total. The summed E-state index contributed by atoms with van der Waals surface area (Å²) in [6.45, 7) is 4.56. The molecule has 80 valence electrons. The number of piperazine rings is 1. The highest BCUT2D eigenvalue weighted by Gasteiger charge is 2.20. The Kier molecular flexibility index (Phi) is 3.88. The van der Waals surface area contributed by atoms with Gasteiger partial charge in [-0.1, -0.05) is 0 Å². The predicted molar refractivity (Wildman–Crippen MR) is 52.8 cm³/mol. The van der Waals surface area contributed by atoms with Crippen molar-refractivity contribution in [1.82, 2.24) is 15.1 Å². The van der Waals surface area contributed by atoms with Gasteiger partial charge in [0.2, 0.25) is 11.8 Å². The van der Waals surface area contributed by atoms with E-state index in [0.29, 0.717) is 19.6 Å². The first-order valence-electron chi connectivity index (χ1n) is 4.87. The summed E-state index contributed by atoms with van der Waals surface area (Å²) in [7, 11) is 1.75. The molecule has 0 saturated carbocycles. The summed E-state index contributed by atoms with van der Waals surface area (Å²) in [5.41, 5.74) is 0. The molecule has 0 unspecified atom stereocenters. The fraction of sp³-hybridized carbons (Fsp3) is 0.778. The van der Waals surface area contributed by atoms with Crippen molar-refractivity contribution < 1.29 is 9.59 Å². The van der Waals surface area contributed by atoms with Crippen molar-refractivity contribution in [1.29, 1.82) is 0 Å². The first kappa shape index (κ1) is 11.0. The SMILES string of the molecule is CCN(C)C(=O)CN1CCNCC1=O. The van der Waals surface area contributed by atoms with E-state index in [2.05, 4.69) is 5.32 Å². The maximum atomic E-state index is 11.5. The third-order valence-corrected chi connectivity index (χ3v) is 2.41. The minimum Gasteiger partial charge on any atom is -0.345 e. The van der Waals surface area contributed by atoms with Crippen molar-refractivity contribution in [3.8, 4) is 0 Å². The molecule has 0 aromatic heterocycles. The largest absolute Gasteiger partial charge is 0.345 e. The second kappa shape index (κ2) is 4.95. The van der Waals surface area contributed by atoms with E-state index in [0.717, 1.165) is 6.54 Å². The molecule has 14 heavy (non-hydrogen) atoms. The molecule has 1 fully saturated rings. The maximum Gasteiger partial charge on any atom is 0.241 e. The van der Waals surface area contributed by atoms with Gasteiger partial charge in [0.05, 0.1) is 13.1 Å². The van der Waals surface area contributed by atoms with Crippen LogP contribution < -0.4 is 5.32 Å². The van der Waals surface area contributed by atoms with E-state index in [1.807, 2.05) is 6.92 Å². The second-order valence-electron chi connectivity index (χ2n) is 3.40. The number of hydrogen-bond acceptors (Lipinski definition) is 3. The molecule has 0 aromatic carbocycles. The fourth-order valence-electron chi connectivity index (χ4n) is 1.27. The van der Waals surface area contributed by atoms with E-state index in [4.69, 9.17) is 0 Å². The quantitative estimate of drug-likeness (QED) is 0.627. The van der Waals surface area contributed by atoms with Gasteiger partial charge in [-0.2, -0.15) is 0 Å². The molecule has 0 atom stereocenters. The first-order valence-corrected chi connectivity index (χ1v) is 4.87. The normalized spacial score (nSPS) is 17.0. The van der Waals surface area contributed by atoms with Gasteiger partial charge in [-0.3, -0.25) is 9.59 Å². The van der Waals surface area contributed by atoms with Gasteiger partial charge in [-0.05, 0) is 6.92 Å². The van der Waals surface area contributed by atoms with Crippen LogP contribution in [-0.2, 0) is 9.59 Å². The summed E-state index contributed by atoms with van der Waals surface area (Å²) in [5, 5.41) is 2.96. The lowest BCUT2D eigenvalue weighted by Crippen LogP contribution is -2.51. The minimum absolute atomic E-state index is 0.00255. The summed E-state index contributed by atoms with van der Waals surface area (Å²) in [5.74, 6) is 0.0110. The van der Waals surface area contributed by atoms with Gasteiger partial charge in [0.1, 0.15) is 0 Å². The number of hydrogen-bond donors (Lipinski definition) is 1. The summed E-state index contributed by atoms with van der Waals surface area (Å²) >= 11 is 0. The van der Waals surface area contributed by atoms with Gasteiger partial charge in [0.15, 0.2) is 0 Å². The standard InChI is InChI=1S/C9H17N3O2/c1-3-11(2)9(14)7-12-5-4-10-6-8(12)13/h10H,3-7H2,1-2H3. The van der Waals surface area contributed by atoms with E-state index < -0.39 is 0 Å². The summed E-state index contributed by atoms with van der Waals surface area (Å²) < 4.78 is 0. The van der Waals surface area contributed by atoms with E-state index in [1.54, 1.807) is 16.8 Å². The van der Waals surface area contributed by atoms with Crippen LogP contribution in [0.5, 0.6) is 0 Å². The van der Waals surface area contributed by atoms with Crippen LogP contribution in [0.4, 0.5) is 0 Å². The molecule has 1 saturated heterocycles. The molecule has 1 rings (SSSR count). The van der Waals surface area contributed by atoms with Crippen molar-refractivity contribution in [2.24, 2.45) is 0 Å². The van der Waals surface area contributed by atoms with Crippen molar-refractivity contribution in [3.05, 3.63) is 0 Å². The van der Waals surface area contributed by atoms with Crippen molar-refractivity contribution >= 4 is 11.8 Å². The van der Waals surface area contributed by atoms with Gasteiger partial charge >= 0.3 is 0 Å². The van der Waals surface area contributed by atoms with E-state index in [-0.39, 0.29) is 18.4 Å². The lowest BCUT2D eigenvalue weighted by atomic mass is 10.3. The Hall–Kier alpha value is -1.10. The van der Waals surface area contributed by atoms with Crippen LogP contribution in [0.2, 0.25) is 0 Å². The van der Waals surface area contributed by atoms with Crippen molar-refractivity contribution in [2.45, 2.75) is 6.92 Å². The molecule has 0 bridgehead atoms. The molecule has 5 heteroatoms. The Labute approximate surface area is 84.0 Å². The number of carbonyl (C=O) groups excluding carboxylic acids is 2. The van der Waals surface area contributed by atoms with Crippen LogP contribution >= 0.6 is 0 Å². The molecular weight excluding hydrogens is 182 g/mol. The zero-order chi connectivity index (χ0) is 10.6. The summed E-state index contributed by atoms with van der Waals surface area (Å²) in [4.78, 5) is 26.1. The van der Waals surface area contributed by atoms with Gasteiger partial charge in [0, 0.05) is 26.7 Å². The average Bonchev–Trinajstić information content (AvgIpc) is 2.20. The fourth-order valence-corrected chi connectivity index (χ4v) is 1.27. The number of carbonyl (C=O) groups is 2. The van der Waals surface area contributed by atoms with Crippen molar-refractivity contribution in [2.75, 3.05) is 39.8 Å². The predicted octanol–water partition coefficient (Wildman–Crippen LogP) is -1.10. The number of nitrogens with one attached hydrogen (secondary N) is 1. The lowest BCUT2D eigenvalue weighted by Gasteiger charge is -2.28. The summed E-state index contributed by atoms with van der Waals surface area (Å²) in [6.07, 6.45) is 0. The van der Waals surface area contributed by atoms with E-state index in [1.165, 1.54) is 0 Å². The Bertz CT molecular complexity index is 230. The molecule has 2 amide bonds. The maximum absolute atomic E-state index is 11.5. The number of rotatable bonds is 3. The molecule has 1 heterocycles. The Balaban J connectivity index is 2.42. The molecule has 0 aliphatic carbocycles. The number of likely N-dealkylation sites (N-methyl/N-ethyl adjacent to an activating group) is 1. The Morgan fingerprint density at radius 2 is 2.36 bits per heavy atom. The van der Waals surface area contributed by atoms with E-state index >= 15 is 0 Å². The third-order valence-electron chi connectivity index (χ3n) is 2.41. The topological polar surface area (TPSA) is 52.7 Å². The highest BCUT2D eigenvalue weighted by atomic mass is 16.2. The monoisotopic (exact) mass is 199 g/mol. The smallest absolute Gasteiger partial charge is 0.241 e. The zero-order valence-electron chi connectivity index (χ0n) is 8.75. The van der Waals surface area contributed by atoms with E-state index in [9.17, 15) is 9.59 Å². The van der Waals surface area contributed by atoms with Crippen molar-refractivity contribution in [3.63, 3.8) is 0 Å². The van der Waals surface area contributed by atoms with Crippen LogP contribution in [0.25, 0.3) is 0 Å². The number of amides is 2. The second-order valence-corrected chi connectivity index (χ2v) is 3.40. The van der Waals surface area contributed by atoms with Gasteiger partial charge < -0.3 is 15.1 Å². The highest BCUT2D eigenvalue weighted by Crippen LogP contribution is 1.96. The molecule has 1 aliphatic heterocycles. The van der Waals surface area contributed by atoms with Crippen LogP contribution in [-0.4, -0.2) is 61.4 Å². The zero-order valence-corrected chi connectivity index (χ0v) is 8.75. The lowest BCUT2D eigenvalue weighted by molar-refractivity contribution is -0.140. The third kappa shape index (κ3) is 2.70. The van der Waals surface area contributed by atoms with Crippen LogP contribution in [0.15, 0.2) is 0 Å². The van der Waals surface area contributed by atoms with Crippen LogP contribution in [0.3, 0.4) is 0 Å². The molecular formula is C9H17N3O2. The Morgan fingerprint density at radius 3 is 2.93 bits per heavy atom. The molecule has 0 aromatic rings. The van der Waals surface area contributed by atoms with Crippen LogP contribution in [0.1, 0.15) is 6.92 Å². The van der Waals surface area contributed by atoms with Gasteiger partial charge in [0.25, 0.3) is 0 Å². The summed E-state index contributed by atoms with van der Waals surface area (Å²) in [6, 6.07) is 0. The average molecular weight is 199 g/mol. The van der Waals surface area contributed by atoms with Gasteiger partial charge in [-0.15, -0.1) is 0 Å². The first-order chi connectivity index (χ1) is 6.65.